The standard InChI is InChI=1S/C20H28O2.C14H9ClN2O3S.Na/c1-8-9-10-11-17(21)14-12-15(19(2,3)4)18(22)16(13-14)20(5,6)7;15-7-3-4-9-8(6-7)11(13(19)17(9)14(16)20)12(18)10-2-1-5-21-10;/h1,12-13,22H,9-11H2,2-7H3;1-6,18H,(H2,16,20);/q;;+1/p-1/b;12-11-;. The molecule has 1 aromatic heterocycles. The van der Waals surface area contributed by atoms with Gasteiger partial charge in [0.25, 0.3) is 5.91 Å². The maximum atomic E-state index is 12.5. The smallest absolute Gasteiger partial charge is 0.871 e. The predicted molar refractivity (Wildman–Crippen MR) is 172 cm³/mol. The van der Waals surface area contributed by atoms with Crippen molar-refractivity contribution in [1.29, 1.82) is 0 Å². The minimum atomic E-state index is -0.933. The molecule has 44 heavy (non-hydrogen) atoms. The molecule has 2 heterocycles. The Balaban J connectivity index is 0.000000300. The van der Waals surface area contributed by atoms with Crippen molar-refractivity contribution in [1.82, 2.24) is 0 Å². The van der Waals surface area contributed by atoms with Crippen LogP contribution in [0.2, 0.25) is 5.02 Å². The molecule has 0 saturated carbocycles. The number of hydrogen-bond donors (Lipinski definition) is 2. The van der Waals surface area contributed by atoms with E-state index in [2.05, 4.69) is 5.92 Å². The van der Waals surface area contributed by atoms with E-state index in [1.54, 1.807) is 17.5 Å². The van der Waals surface area contributed by atoms with E-state index < -0.39 is 17.7 Å². The van der Waals surface area contributed by atoms with Gasteiger partial charge >= 0.3 is 35.6 Å². The summed E-state index contributed by atoms with van der Waals surface area (Å²) in [4.78, 5) is 37.5. The summed E-state index contributed by atoms with van der Waals surface area (Å²) in [5.74, 6) is 1.79. The molecule has 10 heteroatoms. The van der Waals surface area contributed by atoms with Gasteiger partial charge < -0.3 is 15.9 Å². The Morgan fingerprint density at radius 3 is 2.14 bits per heavy atom. The van der Waals surface area contributed by atoms with Crippen LogP contribution in [0.4, 0.5) is 10.5 Å². The number of amides is 3. The molecule has 2 aromatic carbocycles. The zero-order valence-corrected chi connectivity index (χ0v) is 29.8. The normalized spacial score (nSPS) is 13.7. The van der Waals surface area contributed by atoms with Crippen molar-refractivity contribution in [2.24, 2.45) is 5.73 Å². The number of fused-ring (bicyclic) bond motifs is 1. The number of nitrogens with two attached hydrogens (primary N) is 1. The van der Waals surface area contributed by atoms with Crippen molar-refractivity contribution in [3.05, 3.63) is 80.0 Å². The van der Waals surface area contributed by atoms with Gasteiger partial charge in [0.2, 0.25) is 0 Å². The fraction of sp³-hybridized carbons (Fsp3) is 0.324. The Labute approximate surface area is 290 Å². The number of carbonyl (C=O) groups excluding carboxylic acids is 3. The summed E-state index contributed by atoms with van der Waals surface area (Å²) in [6, 6.07) is 10.6. The molecular formula is C34H36ClN2NaO5S. The van der Waals surface area contributed by atoms with Crippen LogP contribution in [0, 0.1) is 12.3 Å². The second-order valence-electron chi connectivity index (χ2n) is 12.2. The summed E-state index contributed by atoms with van der Waals surface area (Å²) in [6.45, 7) is 12.3. The number of urea groups is 1. The van der Waals surface area contributed by atoms with Crippen LogP contribution in [-0.2, 0) is 15.6 Å². The average Bonchev–Trinajstić information content (AvgIpc) is 3.53. The monoisotopic (exact) mass is 642 g/mol. The van der Waals surface area contributed by atoms with Gasteiger partial charge in [-0.1, -0.05) is 65.0 Å². The quantitative estimate of drug-likeness (QED) is 0.109. The Morgan fingerprint density at radius 2 is 1.66 bits per heavy atom. The SMILES string of the molecule is C#CCCCC(=O)c1cc(C(C)(C)C)c(O)c(C(C)(C)C)c1.NC(=O)N1C(=O)/C(=C(\[O-])c2cccs2)c2cc(Cl)ccc21.[Na+]. The van der Waals surface area contributed by atoms with E-state index in [1.165, 1.54) is 29.5 Å². The molecule has 1 aliphatic heterocycles. The number of terminal acetylenes is 1. The van der Waals surface area contributed by atoms with E-state index >= 15 is 0 Å². The predicted octanol–water partition coefficient (Wildman–Crippen LogP) is 4.03. The van der Waals surface area contributed by atoms with Crippen molar-refractivity contribution in [2.45, 2.75) is 71.6 Å². The molecule has 0 spiro atoms. The number of unbranched alkanes of at least 4 members (excludes halogenated alkanes) is 1. The Bertz CT molecular complexity index is 1590. The molecule has 226 valence electrons. The van der Waals surface area contributed by atoms with E-state index in [1.807, 2.05) is 53.7 Å². The van der Waals surface area contributed by atoms with Gasteiger partial charge in [0.15, 0.2) is 5.78 Å². The zero-order chi connectivity index (χ0) is 32.3. The number of halogens is 1. The average molecular weight is 643 g/mol. The molecule has 3 N–H and O–H groups in total. The molecule has 3 aromatic rings. The first-order valence-electron chi connectivity index (χ1n) is 13.7. The summed E-state index contributed by atoms with van der Waals surface area (Å²) in [7, 11) is 0. The number of nitrogens with zero attached hydrogens (tertiary/aromatic N) is 1. The largest absolute Gasteiger partial charge is 1.00 e. The second-order valence-corrected chi connectivity index (χ2v) is 13.6. The summed E-state index contributed by atoms with van der Waals surface area (Å²) in [5, 5.41) is 25.2. The molecule has 3 amide bonds. The van der Waals surface area contributed by atoms with Crippen LogP contribution in [0.5, 0.6) is 5.75 Å². The van der Waals surface area contributed by atoms with Crippen LogP contribution in [-0.4, -0.2) is 22.8 Å². The van der Waals surface area contributed by atoms with Gasteiger partial charge in [-0.2, -0.15) is 0 Å². The van der Waals surface area contributed by atoms with Gasteiger partial charge in [0.1, 0.15) is 5.75 Å². The first-order valence-corrected chi connectivity index (χ1v) is 15.0. The summed E-state index contributed by atoms with van der Waals surface area (Å²) in [5.41, 5.74) is 7.61. The summed E-state index contributed by atoms with van der Waals surface area (Å²) in [6.07, 6.45) is 7.00. The summed E-state index contributed by atoms with van der Waals surface area (Å²) >= 11 is 7.14. The number of thiophene rings is 1. The maximum Gasteiger partial charge on any atom is 1.00 e. The summed E-state index contributed by atoms with van der Waals surface area (Å²) < 4.78 is 0. The number of imide groups is 1. The molecule has 0 radical (unpaired) electrons. The topological polar surface area (TPSA) is 124 Å². The number of carbonyl (C=O) groups is 3. The van der Waals surface area contributed by atoms with Crippen molar-refractivity contribution < 1.29 is 54.2 Å². The number of hydrogen-bond acceptors (Lipinski definition) is 6. The second kappa shape index (κ2) is 14.8. The Morgan fingerprint density at radius 1 is 1.07 bits per heavy atom. The van der Waals surface area contributed by atoms with Gasteiger partial charge in [-0.15, -0.1) is 23.7 Å². The molecule has 0 aliphatic carbocycles. The fourth-order valence-electron chi connectivity index (χ4n) is 4.64. The van der Waals surface area contributed by atoms with E-state index in [-0.39, 0.29) is 57.4 Å². The molecule has 4 rings (SSSR count). The third kappa shape index (κ3) is 8.35. The number of phenolic OH excluding ortho intramolecular Hbond substituents is 1. The minimum Gasteiger partial charge on any atom is -0.871 e. The van der Waals surface area contributed by atoms with Gasteiger partial charge in [-0.3, -0.25) is 9.59 Å². The first kappa shape index (κ1) is 37.1. The minimum absolute atomic E-state index is 0. The number of phenols is 1. The first-order chi connectivity index (χ1) is 20.0. The number of Topliss-reactive ketones (excluding diaryl/α,β-unsaturated/α-hetero) is 1. The number of aromatic hydroxyl groups is 1. The Hall–Kier alpha value is -3.06. The molecule has 0 fully saturated rings. The van der Waals surface area contributed by atoms with Crippen LogP contribution >= 0.6 is 22.9 Å². The number of anilines is 1. The number of ketones is 1. The number of rotatable bonds is 5. The van der Waals surface area contributed by atoms with Crippen molar-refractivity contribution in [3.8, 4) is 18.1 Å². The van der Waals surface area contributed by atoms with Crippen LogP contribution in [0.3, 0.4) is 0 Å². The van der Waals surface area contributed by atoms with Crippen LogP contribution in [0.15, 0.2) is 47.8 Å². The van der Waals surface area contributed by atoms with E-state index in [0.29, 0.717) is 46.0 Å². The van der Waals surface area contributed by atoms with E-state index in [9.17, 15) is 24.6 Å². The molecule has 0 unspecified atom stereocenters. The molecule has 7 nitrogen and oxygen atoms in total. The number of benzene rings is 2. The fourth-order valence-corrected chi connectivity index (χ4v) is 5.49. The zero-order valence-electron chi connectivity index (χ0n) is 26.2. The molecule has 0 atom stereocenters. The van der Waals surface area contributed by atoms with Crippen molar-refractivity contribution >= 4 is 57.7 Å². The van der Waals surface area contributed by atoms with Gasteiger partial charge in [0.05, 0.1) is 5.69 Å². The molecule has 1 aliphatic rings. The van der Waals surface area contributed by atoms with Crippen LogP contribution in [0.25, 0.3) is 11.3 Å². The number of primary amides is 1. The van der Waals surface area contributed by atoms with Gasteiger partial charge in [0, 0.05) is 50.6 Å². The third-order valence-electron chi connectivity index (χ3n) is 6.85. The third-order valence-corrected chi connectivity index (χ3v) is 7.95. The van der Waals surface area contributed by atoms with Gasteiger partial charge in [-0.25, -0.2) is 9.69 Å². The van der Waals surface area contributed by atoms with Crippen molar-refractivity contribution in [3.63, 3.8) is 0 Å². The maximum absolute atomic E-state index is 12.5. The van der Waals surface area contributed by atoms with Gasteiger partial charge in [-0.05, 0) is 59.0 Å². The van der Waals surface area contributed by atoms with E-state index in [4.69, 9.17) is 23.8 Å². The molecule has 0 bridgehead atoms. The molecular weight excluding hydrogens is 607 g/mol. The van der Waals surface area contributed by atoms with Crippen LogP contribution < -0.4 is 45.3 Å². The molecule has 0 saturated heterocycles. The van der Waals surface area contributed by atoms with Crippen LogP contribution in [0.1, 0.15) is 92.7 Å². The van der Waals surface area contributed by atoms with E-state index in [0.717, 1.165) is 16.0 Å². The van der Waals surface area contributed by atoms with Crippen molar-refractivity contribution in [2.75, 3.05) is 4.90 Å². The Kier molecular flexibility index (Phi) is 12.5.